The minimum Gasteiger partial charge on any atom is -0.399 e. The number of benzene rings is 1. The van der Waals surface area contributed by atoms with Gasteiger partial charge in [0, 0.05) is 28.5 Å². The minimum atomic E-state index is 0.725. The van der Waals surface area contributed by atoms with Crippen molar-refractivity contribution in [3.8, 4) is 11.4 Å². The molecule has 0 bridgehead atoms. The van der Waals surface area contributed by atoms with Crippen LogP contribution in [-0.2, 0) is 6.54 Å². The monoisotopic (exact) mass is 330 g/mol. The maximum atomic E-state index is 5.94. The molecule has 2 N–H and O–H groups in total. The number of nitrogens with zero attached hydrogens (tertiary/aromatic N) is 3. The molecule has 3 rings (SSSR count). The van der Waals surface area contributed by atoms with Crippen molar-refractivity contribution in [3.05, 3.63) is 41.1 Å². The van der Waals surface area contributed by atoms with E-state index in [1.165, 1.54) is 0 Å². The summed E-state index contributed by atoms with van der Waals surface area (Å²) >= 11 is 3.49. The largest absolute Gasteiger partial charge is 0.399 e. The average Bonchev–Trinajstić information content (AvgIpc) is 2.77. The number of anilines is 1. The van der Waals surface area contributed by atoms with Gasteiger partial charge in [-0.3, -0.25) is 4.98 Å². The van der Waals surface area contributed by atoms with Crippen LogP contribution >= 0.6 is 15.9 Å². The van der Waals surface area contributed by atoms with E-state index in [2.05, 4.69) is 32.4 Å². The molecule has 4 nitrogen and oxygen atoms in total. The van der Waals surface area contributed by atoms with Crippen LogP contribution in [0.3, 0.4) is 0 Å². The van der Waals surface area contributed by atoms with Gasteiger partial charge in [-0.1, -0.05) is 22.9 Å². The third-order valence-corrected chi connectivity index (χ3v) is 3.63. The lowest BCUT2D eigenvalue weighted by Crippen LogP contribution is -2.00. The molecule has 0 saturated heterocycles. The predicted octanol–water partition coefficient (Wildman–Crippen LogP) is 3.85. The predicted molar refractivity (Wildman–Crippen MR) is 85.4 cm³/mol. The van der Waals surface area contributed by atoms with Crippen molar-refractivity contribution in [1.29, 1.82) is 0 Å². The standard InChI is InChI=1S/C15H15BrN4/c1-2-5-20-14-3-4-18-9-13(14)19-15(20)10-6-11(16)8-12(17)7-10/h3-4,6-9H,2,5,17H2,1H3. The normalized spacial score (nSPS) is 11.1. The van der Waals surface area contributed by atoms with Gasteiger partial charge in [0.25, 0.3) is 0 Å². The fourth-order valence-corrected chi connectivity index (χ4v) is 2.90. The molecule has 20 heavy (non-hydrogen) atoms. The zero-order valence-corrected chi connectivity index (χ0v) is 12.8. The number of nitrogens with two attached hydrogens (primary N) is 1. The molecule has 0 spiro atoms. The Morgan fingerprint density at radius 2 is 2.15 bits per heavy atom. The van der Waals surface area contributed by atoms with Gasteiger partial charge in [0.05, 0.1) is 11.7 Å². The van der Waals surface area contributed by atoms with Gasteiger partial charge >= 0.3 is 0 Å². The van der Waals surface area contributed by atoms with Crippen molar-refractivity contribution < 1.29 is 0 Å². The summed E-state index contributed by atoms with van der Waals surface area (Å²) in [6.45, 7) is 3.08. The second-order valence-electron chi connectivity index (χ2n) is 4.72. The summed E-state index contributed by atoms with van der Waals surface area (Å²) in [6, 6.07) is 7.88. The SMILES string of the molecule is CCCn1c(-c2cc(N)cc(Br)c2)nc2cnccc21. The first-order valence-corrected chi connectivity index (χ1v) is 7.35. The Labute approximate surface area is 125 Å². The van der Waals surface area contributed by atoms with E-state index in [1.807, 2.05) is 24.3 Å². The highest BCUT2D eigenvalue weighted by Crippen LogP contribution is 2.28. The van der Waals surface area contributed by atoms with Crippen LogP contribution in [0.4, 0.5) is 5.69 Å². The summed E-state index contributed by atoms with van der Waals surface area (Å²) in [6.07, 6.45) is 4.64. The first kappa shape index (κ1) is 13.1. The lowest BCUT2D eigenvalue weighted by molar-refractivity contribution is 0.704. The van der Waals surface area contributed by atoms with Crippen LogP contribution in [0.5, 0.6) is 0 Å². The van der Waals surface area contributed by atoms with Gasteiger partial charge in [-0.2, -0.15) is 0 Å². The lowest BCUT2D eigenvalue weighted by atomic mass is 10.2. The van der Waals surface area contributed by atoms with Gasteiger partial charge < -0.3 is 10.3 Å². The quantitative estimate of drug-likeness (QED) is 0.742. The number of halogens is 1. The van der Waals surface area contributed by atoms with E-state index in [0.717, 1.165) is 45.5 Å². The zero-order chi connectivity index (χ0) is 14.1. The summed E-state index contributed by atoms with van der Waals surface area (Å²) in [5, 5.41) is 0. The fourth-order valence-electron chi connectivity index (χ4n) is 2.39. The number of hydrogen-bond acceptors (Lipinski definition) is 3. The second kappa shape index (κ2) is 5.25. The average molecular weight is 331 g/mol. The topological polar surface area (TPSA) is 56.7 Å². The lowest BCUT2D eigenvalue weighted by Gasteiger charge is -2.08. The highest BCUT2D eigenvalue weighted by molar-refractivity contribution is 9.10. The van der Waals surface area contributed by atoms with E-state index in [-0.39, 0.29) is 0 Å². The van der Waals surface area contributed by atoms with Crippen molar-refractivity contribution in [2.24, 2.45) is 0 Å². The first-order chi connectivity index (χ1) is 9.69. The number of aryl methyl sites for hydroxylation is 1. The third-order valence-electron chi connectivity index (χ3n) is 3.18. The number of pyridine rings is 1. The molecule has 102 valence electrons. The Morgan fingerprint density at radius 3 is 2.90 bits per heavy atom. The first-order valence-electron chi connectivity index (χ1n) is 6.55. The molecule has 5 heteroatoms. The molecule has 2 heterocycles. The Bertz CT molecular complexity index is 743. The molecule has 2 aromatic heterocycles. The minimum absolute atomic E-state index is 0.725. The van der Waals surface area contributed by atoms with Crippen LogP contribution in [0.1, 0.15) is 13.3 Å². The summed E-state index contributed by atoms with van der Waals surface area (Å²) in [7, 11) is 0. The van der Waals surface area contributed by atoms with Crippen LogP contribution in [0.2, 0.25) is 0 Å². The van der Waals surface area contributed by atoms with Crippen LogP contribution < -0.4 is 5.73 Å². The molecule has 0 fully saturated rings. The van der Waals surface area contributed by atoms with E-state index in [0.29, 0.717) is 0 Å². The smallest absolute Gasteiger partial charge is 0.141 e. The molecule has 0 aliphatic rings. The van der Waals surface area contributed by atoms with Crippen LogP contribution in [0.25, 0.3) is 22.4 Å². The summed E-state index contributed by atoms with van der Waals surface area (Å²) in [5.41, 5.74) is 9.69. The van der Waals surface area contributed by atoms with E-state index in [1.54, 1.807) is 12.4 Å². The molecule has 0 aliphatic heterocycles. The van der Waals surface area contributed by atoms with Crippen molar-refractivity contribution >= 4 is 32.7 Å². The van der Waals surface area contributed by atoms with Crippen LogP contribution in [0.15, 0.2) is 41.1 Å². The van der Waals surface area contributed by atoms with E-state index >= 15 is 0 Å². The summed E-state index contributed by atoms with van der Waals surface area (Å²) in [5.74, 6) is 0.933. The van der Waals surface area contributed by atoms with Crippen molar-refractivity contribution in [2.75, 3.05) is 5.73 Å². The Hall–Kier alpha value is -1.88. The number of aromatic nitrogens is 3. The maximum absolute atomic E-state index is 5.94. The van der Waals surface area contributed by atoms with Gasteiger partial charge in [0.15, 0.2) is 0 Å². The summed E-state index contributed by atoms with van der Waals surface area (Å²) in [4.78, 5) is 8.85. The van der Waals surface area contributed by atoms with Gasteiger partial charge in [-0.05, 0) is 30.7 Å². The van der Waals surface area contributed by atoms with Crippen molar-refractivity contribution in [3.63, 3.8) is 0 Å². The van der Waals surface area contributed by atoms with Crippen LogP contribution in [-0.4, -0.2) is 14.5 Å². The Kier molecular flexibility index (Phi) is 3.44. The molecule has 0 amide bonds. The number of nitrogen functional groups attached to an aromatic ring is 1. The number of fused-ring (bicyclic) bond motifs is 1. The molecule has 0 atom stereocenters. The molecule has 0 saturated carbocycles. The van der Waals surface area contributed by atoms with E-state index < -0.39 is 0 Å². The number of rotatable bonds is 3. The fraction of sp³-hybridized carbons (Fsp3) is 0.200. The molecular weight excluding hydrogens is 316 g/mol. The van der Waals surface area contributed by atoms with Gasteiger partial charge in [-0.25, -0.2) is 4.98 Å². The molecule has 1 aromatic carbocycles. The zero-order valence-electron chi connectivity index (χ0n) is 11.2. The molecule has 0 unspecified atom stereocenters. The molecule has 0 radical (unpaired) electrons. The highest BCUT2D eigenvalue weighted by atomic mass is 79.9. The maximum Gasteiger partial charge on any atom is 0.141 e. The van der Waals surface area contributed by atoms with Crippen LogP contribution in [0, 0.1) is 0 Å². The van der Waals surface area contributed by atoms with Gasteiger partial charge in [-0.15, -0.1) is 0 Å². The Balaban J connectivity index is 2.26. The highest BCUT2D eigenvalue weighted by Gasteiger charge is 2.12. The molecule has 0 aliphatic carbocycles. The number of imidazole rings is 1. The van der Waals surface area contributed by atoms with Crippen molar-refractivity contribution in [1.82, 2.24) is 14.5 Å². The van der Waals surface area contributed by atoms with Gasteiger partial charge in [0.2, 0.25) is 0 Å². The number of hydrogen-bond donors (Lipinski definition) is 1. The Morgan fingerprint density at radius 1 is 1.30 bits per heavy atom. The van der Waals surface area contributed by atoms with Gasteiger partial charge in [0.1, 0.15) is 11.3 Å². The second-order valence-corrected chi connectivity index (χ2v) is 5.64. The molecular formula is C15H15BrN4. The van der Waals surface area contributed by atoms with E-state index in [4.69, 9.17) is 10.7 Å². The van der Waals surface area contributed by atoms with Crippen molar-refractivity contribution in [2.45, 2.75) is 19.9 Å². The van der Waals surface area contributed by atoms with E-state index in [9.17, 15) is 0 Å². The summed E-state index contributed by atoms with van der Waals surface area (Å²) < 4.78 is 3.18. The molecule has 3 aromatic rings. The third kappa shape index (κ3) is 2.29.